The van der Waals surface area contributed by atoms with E-state index in [1.165, 1.54) is 0 Å². The molecule has 3 amide bonds. The molecule has 0 unspecified atom stereocenters. The Labute approximate surface area is 137 Å². The second-order valence-corrected chi connectivity index (χ2v) is 5.50. The monoisotopic (exact) mass is 316 g/mol. The second kappa shape index (κ2) is 8.95. The van der Waals surface area contributed by atoms with Gasteiger partial charge in [-0.25, -0.2) is 4.79 Å². The minimum Gasteiger partial charge on any atom is -0.351 e. The minimum atomic E-state index is -0.0712. The van der Waals surface area contributed by atoms with Crippen LogP contribution in [0.3, 0.4) is 0 Å². The van der Waals surface area contributed by atoms with Crippen molar-refractivity contribution in [3.63, 3.8) is 0 Å². The minimum absolute atomic E-state index is 0.0124. The molecule has 1 saturated heterocycles. The van der Waals surface area contributed by atoms with E-state index in [0.29, 0.717) is 45.8 Å². The van der Waals surface area contributed by atoms with Gasteiger partial charge in [-0.05, 0) is 5.56 Å². The van der Waals surface area contributed by atoms with E-state index in [0.717, 1.165) is 5.56 Å². The Kier molecular flexibility index (Phi) is 6.62. The molecule has 1 fully saturated rings. The van der Waals surface area contributed by atoms with E-state index in [-0.39, 0.29) is 11.9 Å². The van der Waals surface area contributed by atoms with E-state index in [2.05, 4.69) is 22.1 Å². The van der Waals surface area contributed by atoms with Gasteiger partial charge in [-0.15, -0.1) is 6.58 Å². The van der Waals surface area contributed by atoms with Crippen molar-refractivity contribution in [1.29, 1.82) is 0 Å². The number of hydrogen-bond donors (Lipinski definition) is 2. The van der Waals surface area contributed by atoms with Crippen molar-refractivity contribution >= 4 is 11.9 Å². The summed E-state index contributed by atoms with van der Waals surface area (Å²) in [6.45, 7) is 7.65. The summed E-state index contributed by atoms with van der Waals surface area (Å²) in [6, 6.07) is 9.77. The maximum absolute atomic E-state index is 12.0. The predicted octanol–water partition coefficient (Wildman–Crippen LogP) is 0.816. The average Bonchev–Trinajstić information content (AvgIpc) is 2.59. The lowest BCUT2D eigenvalue weighted by molar-refractivity contribution is -0.122. The molecular weight excluding hydrogens is 292 g/mol. The highest BCUT2D eigenvalue weighted by atomic mass is 16.2. The zero-order valence-electron chi connectivity index (χ0n) is 13.3. The molecule has 6 nitrogen and oxygen atoms in total. The van der Waals surface area contributed by atoms with Crippen LogP contribution in [0.2, 0.25) is 0 Å². The third-order valence-corrected chi connectivity index (χ3v) is 3.76. The number of nitrogens with zero attached hydrogens (tertiary/aromatic N) is 2. The van der Waals surface area contributed by atoms with Crippen molar-refractivity contribution in [3.8, 4) is 0 Å². The fourth-order valence-corrected chi connectivity index (χ4v) is 2.44. The van der Waals surface area contributed by atoms with Crippen LogP contribution < -0.4 is 10.6 Å². The second-order valence-electron chi connectivity index (χ2n) is 5.50. The summed E-state index contributed by atoms with van der Waals surface area (Å²) in [4.78, 5) is 27.6. The van der Waals surface area contributed by atoms with Crippen LogP contribution in [-0.2, 0) is 11.3 Å². The van der Waals surface area contributed by atoms with Crippen molar-refractivity contribution in [2.45, 2.75) is 6.54 Å². The first-order valence-electron chi connectivity index (χ1n) is 7.85. The summed E-state index contributed by atoms with van der Waals surface area (Å²) in [5, 5.41) is 5.69. The zero-order chi connectivity index (χ0) is 16.5. The molecule has 124 valence electrons. The summed E-state index contributed by atoms with van der Waals surface area (Å²) < 4.78 is 0. The Morgan fingerprint density at radius 3 is 2.43 bits per heavy atom. The Bertz CT molecular complexity index is 525. The molecule has 0 aromatic heterocycles. The molecule has 0 aliphatic carbocycles. The lowest BCUT2D eigenvalue weighted by atomic mass is 10.2. The van der Waals surface area contributed by atoms with Crippen LogP contribution in [0.1, 0.15) is 5.56 Å². The zero-order valence-corrected chi connectivity index (χ0v) is 13.3. The maximum atomic E-state index is 12.0. The van der Waals surface area contributed by atoms with Gasteiger partial charge < -0.3 is 15.5 Å². The molecule has 0 radical (unpaired) electrons. The molecule has 0 saturated carbocycles. The number of benzene rings is 1. The molecule has 1 aliphatic heterocycles. The highest BCUT2D eigenvalue weighted by Gasteiger charge is 2.21. The van der Waals surface area contributed by atoms with Crippen LogP contribution in [0, 0.1) is 0 Å². The third kappa shape index (κ3) is 5.75. The topological polar surface area (TPSA) is 64.7 Å². The van der Waals surface area contributed by atoms with Gasteiger partial charge in [-0.3, -0.25) is 9.69 Å². The molecule has 2 rings (SSSR count). The quantitative estimate of drug-likeness (QED) is 0.764. The summed E-state index contributed by atoms with van der Waals surface area (Å²) in [7, 11) is 0. The van der Waals surface area contributed by atoms with Crippen LogP contribution in [0.25, 0.3) is 0 Å². The first-order chi connectivity index (χ1) is 11.2. The smallest absolute Gasteiger partial charge is 0.317 e. The van der Waals surface area contributed by atoms with E-state index in [1.807, 2.05) is 30.3 Å². The van der Waals surface area contributed by atoms with E-state index in [9.17, 15) is 9.59 Å². The normalized spacial score (nSPS) is 15.0. The van der Waals surface area contributed by atoms with Crippen molar-refractivity contribution < 1.29 is 9.59 Å². The summed E-state index contributed by atoms with van der Waals surface area (Å²) in [5.41, 5.74) is 1.09. The van der Waals surface area contributed by atoms with E-state index >= 15 is 0 Å². The molecule has 23 heavy (non-hydrogen) atoms. The van der Waals surface area contributed by atoms with Crippen LogP contribution >= 0.6 is 0 Å². The molecule has 0 bridgehead atoms. The highest BCUT2D eigenvalue weighted by molar-refractivity contribution is 5.78. The van der Waals surface area contributed by atoms with Crippen molar-refractivity contribution in [2.24, 2.45) is 0 Å². The van der Waals surface area contributed by atoms with Crippen molar-refractivity contribution in [3.05, 3.63) is 48.6 Å². The van der Waals surface area contributed by atoms with Crippen molar-refractivity contribution in [2.75, 3.05) is 39.3 Å². The number of rotatable bonds is 6. The van der Waals surface area contributed by atoms with Gasteiger partial charge in [0.2, 0.25) is 5.91 Å². The van der Waals surface area contributed by atoms with Crippen LogP contribution in [0.15, 0.2) is 43.0 Å². The summed E-state index contributed by atoms with van der Waals surface area (Å²) in [6.07, 6.45) is 1.66. The first-order valence-corrected chi connectivity index (χ1v) is 7.85. The van der Waals surface area contributed by atoms with Gasteiger partial charge >= 0.3 is 6.03 Å². The largest absolute Gasteiger partial charge is 0.351 e. The maximum Gasteiger partial charge on any atom is 0.317 e. The van der Waals surface area contributed by atoms with E-state index in [4.69, 9.17) is 0 Å². The van der Waals surface area contributed by atoms with Gasteiger partial charge in [-0.1, -0.05) is 36.4 Å². The molecular formula is C17H24N4O2. The lowest BCUT2D eigenvalue weighted by Crippen LogP contribution is -2.53. The predicted molar refractivity (Wildman–Crippen MR) is 89.9 cm³/mol. The van der Waals surface area contributed by atoms with Gasteiger partial charge in [0.25, 0.3) is 0 Å². The SMILES string of the molecule is C=CCNC(=O)N1CCN(CC(=O)NCc2ccccc2)CC1. The van der Waals surface area contributed by atoms with Gasteiger partial charge in [0.05, 0.1) is 6.54 Å². The average molecular weight is 316 g/mol. The molecule has 1 aromatic rings. The number of amides is 3. The van der Waals surface area contributed by atoms with Gasteiger partial charge in [0.1, 0.15) is 0 Å². The number of carbonyl (C=O) groups is 2. The first kappa shape index (κ1) is 17.0. The number of piperazine rings is 1. The van der Waals surface area contributed by atoms with Gasteiger partial charge in [0.15, 0.2) is 0 Å². The van der Waals surface area contributed by atoms with E-state index < -0.39 is 0 Å². The number of urea groups is 1. The van der Waals surface area contributed by atoms with Crippen molar-refractivity contribution in [1.82, 2.24) is 20.4 Å². The molecule has 2 N–H and O–H groups in total. The van der Waals surface area contributed by atoms with Crippen LogP contribution in [0.4, 0.5) is 4.79 Å². The number of nitrogens with one attached hydrogen (secondary N) is 2. The Morgan fingerprint density at radius 1 is 1.09 bits per heavy atom. The summed E-state index contributed by atoms with van der Waals surface area (Å²) in [5.74, 6) is 0.0124. The fraction of sp³-hybridized carbons (Fsp3) is 0.412. The lowest BCUT2D eigenvalue weighted by Gasteiger charge is -2.34. The Morgan fingerprint density at radius 2 is 1.78 bits per heavy atom. The molecule has 1 aliphatic rings. The van der Waals surface area contributed by atoms with Crippen LogP contribution in [0.5, 0.6) is 0 Å². The van der Waals surface area contributed by atoms with Gasteiger partial charge in [-0.2, -0.15) is 0 Å². The highest BCUT2D eigenvalue weighted by Crippen LogP contribution is 2.02. The Hall–Kier alpha value is -2.34. The summed E-state index contributed by atoms with van der Waals surface area (Å²) >= 11 is 0. The molecule has 0 atom stereocenters. The molecule has 0 spiro atoms. The standard InChI is InChI=1S/C17H24N4O2/c1-2-8-18-17(23)21-11-9-20(10-12-21)14-16(22)19-13-15-6-4-3-5-7-15/h2-7H,1,8-14H2,(H,18,23)(H,19,22). The van der Waals surface area contributed by atoms with E-state index in [1.54, 1.807) is 11.0 Å². The number of carbonyl (C=O) groups excluding carboxylic acids is 2. The molecule has 1 heterocycles. The fourth-order valence-electron chi connectivity index (χ4n) is 2.44. The Balaban J connectivity index is 1.66. The molecule has 6 heteroatoms. The van der Waals surface area contributed by atoms with Gasteiger partial charge in [0, 0.05) is 39.3 Å². The number of hydrogen-bond acceptors (Lipinski definition) is 3. The van der Waals surface area contributed by atoms with Crippen LogP contribution in [-0.4, -0.2) is 61.0 Å². The third-order valence-electron chi connectivity index (χ3n) is 3.76. The molecule has 1 aromatic carbocycles.